The number of ether oxygens (including phenoxy) is 1. The summed E-state index contributed by atoms with van der Waals surface area (Å²) in [6.45, 7) is 1.89. The van der Waals surface area contributed by atoms with E-state index >= 15 is 0 Å². The van der Waals surface area contributed by atoms with Crippen LogP contribution < -0.4 is 15.5 Å². The minimum Gasteiger partial charge on any atom is -0.508 e. The molecule has 120 valence electrons. The zero-order valence-electron chi connectivity index (χ0n) is 13.0. The van der Waals surface area contributed by atoms with Crippen molar-refractivity contribution in [3.63, 3.8) is 0 Å². The van der Waals surface area contributed by atoms with Gasteiger partial charge in [0.25, 0.3) is 5.91 Å². The number of anilines is 1. The predicted octanol–water partition coefficient (Wildman–Crippen LogP) is 2.35. The van der Waals surface area contributed by atoms with Gasteiger partial charge in [0.1, 0.15) is 11.5 Å². The summed E-state index contributed by atoms with van der Waals surface area (Å²) in [7, 11) is 1.60. The van der Waals surface area contributed by atoms with Crippen LogP contribution in [0.4, 0.5) is 5.69 Å². The zero-order valence-corrected chi connectivity index (χ0v) is 13.0. The summed E-state index contributed by atoms with van der Waals surface area (Å²) in [4.78, 5) is 11.8. The van der Waals surface area contributed by atoms with Crippen LogP contribution in [-0.2, 0) is 4.79 Å². The molecule has 6 heteroatoms. The van der Waals surface area contributed by atoms with Crippen molar-refractivity contribution in [2.75, 3.05) is 19.0 Å². The molecule has 23 heavy (non-hydrogen) atoms. The Morgan fingerprint density at radius 1 is 1.13 bits per heavy atom. The minimum atomic E-state index is -0.251. The van der Waals surface area contributed by atoms with Crippen LogP contribution >= 0.6 is 0 Å². The minimum absolute atomic E-state index is 0.110. The first-order valence-corrected chi connectivity index (χ1v) is 7.09. The molecule has 2 aromatic carbocycles. The van der Waals surface area contributed by atoms with Crippen molar-refractivity contribution >= 4 is 17.3 Å². The second kappa shape index (κ2) is 7.84. The molecule has 0 heterocycles. The number of hydrazone groups is 1. The lowest BCUT2D eigenvalue weighted by Gasteiger charge is -2.07. The maximum Gasteiger partial charge on any atom is 0.259 e. The van der Waals surface area contributed by atoms with E-state index in [0.717, 1.165) is 17.0 Å². The molecular weight excluding hydrogens is 294 g/mol. The number of methoxy groups -OCH3 is 1. The normalized spacial score (nSPS) is 11.0. The predicted molar refractivity (Wildman–Crippen MR) is 89.9 cm³/mol. The standard InChI is InChI=1S/C17H19N3O3/c1-12(13-3-7-15(21)8-4-13)19-20-17(22)11-18-14-5-9-16(23-2)10-6-14/h3-10,18,21H,11H2,1-2H3,(H,20,22)/b19-12-. The van der Waals surface area contributed by atoms with E-state index in [-0.39, 0.29) is 18.2 Å². The quantitative estimate of drug-likeness (QED) is 0.565. The van der Waals surface area contributed by atoms with Crippen LogP contribution in [0.3, 0.4) is 0 Å². The topological polar surface area (TPSA) is 83.0 Å². The number of hydrogen-bond donors (Lipinski definition) is 3. The third kappa shape index (κ3) is 5.03. The lowest BCUT2D eigenvalue weighted by atomic mass is 10.1. The van der Waals surface area contributed by atoms with Gasteiger partial charge in [0, 0.05) is 5.69 Å². The lowest BCUT2D eigenvalue weighted by Crippen LogP contribution is -2.26. The molecule has 0 radical (unpaired) electrons. The summed E-state index contributed by atoms with van der Waals surface area (Å²) in [5, 5.41) is 16.3. The Labute approximate surface area is 134 Å². The number of nitrogens with one attached hydrogen (secondary N) is 2. The molecule has 0 atom stereocenters. The van der Waals surface area contributed by atoms with Crippen molar-refractivity contribution in [1.82, 2.24) is 5.43 Å². The van der Waals surface area contributed by atoms with Crippen LogP contribution in [0.1, 0.15) is 12.5 Å². The number of phenols is 1. The smallest absolute Gasteiger partial charge is 0.259 e. The van der Waals surface area contributed by atoms with Gasteiger partial charge >= 0.3 is 0 Å². The lowest BCUT2D eigenvalue weighted by molar-refractivity contribution is -0.119. The van der Waals surface area contributed by atoms with Crippen LogP contribution in [0, 0.1) is 0 Å². The Bertz CT molecular complexity index is 679. The van der Waals surface area contributed by atoms with Gasteiger partial charge in [-0.15, -0.1) is 0 Å². The van der Waals surface area contributed by atoms with Crippen molar-refractivity contribution in [2.45, 2.75) is 6.92 Å². The number of carbonyl (C=O) groups is 1. The summed E-state index contributed by atoms with van der Waals surface area (Å²) >= 11 is 0. The molecule has 0 aliphatic heterocycles. The van der Waals surface area contributed by atoms with E-state index in [1.165, 1.54) is 0 Å². The molecule has 6 nitrogen and oxygen atoms in total. The summed E-state index contributed by atoms with van der Waals surface area (Å²) in [5.74, 6) is 0.697. The van der Waals surface area contributed by atoms with Gasteiger partial charge < -0.3 is 15.2 Å². The maximum atomic E-state index is 11.8. The molecule has 0 saturated heterocycles. The molecule has 0 spiro atoms. The summed E-state index contributed by atoms with van der Waals surface area (Å²) in [6, 6.07) is 13.9. The van der Waals surface area contributed by atoms with Gasteiger partial charge in [-0.05, 0) is 61.0 Å². The molecule has 0 bridgehead atoms. The molecule has 0 unspecified atom stereocenters. The Morgan fingerprint density at radius 2 is 1.78 bits per heavy atom. The molecule has 1 amide bonds. The Morgan fingerprint density at radius 3 is 2.39 bits per heavy atom. The Hall–Kier alpha value is -3.02. The number of rotatable bonds is 6. The molecule has 0 fully saturated rings. The first kappa shape index (κ1) is 16.4. The van der Waals surface area contributed by atoms with E-state index in [1.54, 1.807) is 38.3 Å². The van der Waals surface area contributed by atoms with Crippen LogP contribution in [0.5, 0.6) is 11.5 Å². The molecule has 0 aliphatic carbocycles. The Kier molecular flexibility index (Phi) is 5.57. The van der Waals surface area contributed by atoms with Gasteiger partial charge in [-0.2, -0.15) is 5.10 Å². The van der Waals surface area contributed by atoms with E-state index in [4.69, 9.17) is 4.74 Å². The van der Waals surface area contributed by atoms with Crippen molar-refractivity contribution in [3.8, 4) is 11.5 Å². The number of amides is 1. The van der Waals surface area contributed by atoms with Crippen molar-refractivity contribution in [2.24, 2.45) is 5.10 Å². The fourth-order valence-corrected chi connectivity index (χ4v) is 1.84. The maximum absolute atomic E-state index is 11.8. The van der Waals surface area contributed by atoms with E-state index in [9.17, 15) is 9.90 Å². The second-order valence-electron chi connectivity index (χ2n) is 4.86. The highest BCUT2D eigenvalue weighted by atomic mass is 16.5. The van der Waals surface area contributed by atoms with E-state index < -0.39 is 0 Å². The monoisotopic (exact) mass is 313 g/mol. The average Bonchev–Trinajstić information content (AvgIpc) is 2.59. The average molecular weight is 313 g/mol. The number of hydrogen-bond acceptors (Lipinski definition) is 5. The van der Waals surface area contributed by atoms with E-state index in [2.05, 4.69) is 15.8 Å². The summed E-state index contributed by atoms with van der Waals surface area (Å²) < 4.78 is 5.07. The first-order chi connectivity index (χ1) is 11.1. The molecule has 0 aliphatic rings. The third-order valence-corrected chi connectivity index (χ3v) is 3.18. The van der Waals surface area contributed by atoms with E-state index in [1.807, 2.05) is 24.3 Å². The van der Waals surface area contributed by atoms with Crippen LogP contribution in [0.15, 0.2) is 53.6 Å². The molecule has 2 aromatic rings. The number of aromatic hydroxyl groups is 1. The van der Waals surface area contributed by atoms with Gasteiger partial charge in [-0.25, -0.2) is 5.43 Å². The van der Waals surface area contributed by atoms with Crippen LogP contribution in [-0.4, -0.2) is 30.4 Å². The number of benzene rings is 2. The summed E-state index contributed by atoms with van der Waals surface area (Å²) in [5.41, 5.74) is 4.79. The number of phenolic OH excluding ortho intramolecular Hbond substituents is 1. The molecule has 2 rings (SSSR count). The zero-order chi connectivity index (χ0) is 16.7. The first-order valence-electron chi connectivity index (χ1n) is 7.09. The van der Waals surface area contributed by atoms with Gasteiger partial charge in [-0.1, -0.05) is 0 Å². The van der Waals surface area contributed by atoms with Gasteiger partial charge in [0.15, 0.2) is 0 Å². The second-order valence-corrected chi connectivity index (χ2v) is 4.86. The molecular formula is C17H19N3O3. The van der Waals surface area contributed by atoms with E-state index in [0.29, 0.717) is 5.71 Å². The van der Waals surface area contributed by atoms with Crippen LogP contribution in [0.25, 0.3) is 0 Å². The highest BCUT2D eigenvalue weighted by Crippen LogP contribution is 2.14. The SMILES string of the molecule is COc1ccc(NCC(=O)N/N=C(/C)c2ccc(O)cc2)cc1. The largest absolute Gasteiger partial charge is 0.508 e. The fourth-order valence-electron chi connectivity index (χ4n) is 1.84. The van der Waals surface area contributed by atoms with Gasteiger partial charge in [0.05, 0.1) is 19.4 Å². The molecule has 0 saturated carbocycles. The van der Waals surface area contributed by atoms with Gasteiger partial charge in [0.2, 0.25) is 0 Å². The Balaban J connectivity index is 1.84. The fraction of sp³-hybridized carbons (Fsp3) is 0.176. The highest BCUT2D eigenvalue weighted by molar-refractivity contribution is 5.99. The van der Waals surface area contributed by atoms with Crippen molar-refractivity contribution in [1.29, 1.82) is 0 Å². The summed E-state index contributed by atoms with van der Waals surface area (Å²) in [6.07, 6.45) is 0. The number of carbonyl (C=O) groups excluding carboxylic acids is 1. The molecule has 0 aromatic heterocycles. The third-order valence-electron chi connectivity index (χ3n) is 3.18. The molecule has 3 N–H and O–H groups in total. The highest BCUT2D eigenvalue weighted by Gasteiger charge is 2.02. The van der Waals surface area contributed by atoms with Crippen molar-refractivity contribution in [3.05, 3.63) is 54.1 Å². The van der Waals surface area contributed by atoms with Crippen molar-refractivity contribution < 1.29 is 14.6 Å². The van der Waals surface area contributed by atoms with Gasteiger partial charge in [-0.3, -0.25) is 4.79 Å². The number of nitrogens with zero attached hydrogens (tertiary/aromatic N) is 1. The van der Waals surface area contributed by atoms with Crippen LogP contribution in [0.2, 0.25) is 0 Å².